The second-order valence-electron chi connectivity index (χ2n) is 7.16. The van der Waals surface area contributed by atoms with Crippen molar-refractivity contribution in [3.05, 3.63) is 88.9 Å². The minimum atomic E-state index is -0.477. The Balaban J connectivity index is 1.66. The molecule has 0 spiro atoms. The smallest absolute Gasteiger partial charge is 0.337 e. The summed E-state index contributed by atoms with van der Waals surface area (Å²) in [6.07, 6.45) is 1.69. The topological polar surface area (TPSA) is 80.6 Å². The Morgan fingerprint density at radius 2 is 1.65 bits per heavy atom. The number of nitrogens with one attached hydrogen (secondary N) is 1. The van der Waals surface area contributed by atoms with Gasteiger partial charge in [0.2, 0.25) is 0 Å². The SMILES string of the molecule is COC(=O)c1ccc(-n2c(C)cc(/C=C3/NC(=O)N(c4ccccc4)C3=O)c2C)cc1. The van der Waals surface area contributed by atoms with Crippen molar-refractivity contribution in [2.24, 2.45) is 0 Å². The minimum absolute atomic E-state index is 0.218. The molecule has 0 atom stereocenters. The van der Waals surface area contributed by atoms with Crippen LogP contribution in [0.4, 0.5) is 10.5 Å². The van der Waals surface area contributed by atoms with Crippen molar-refractivity contribution in [2.45, 2.75) is 13.8 Å². The summed E-state index contributed by atoms with van der Waals surface area (Å²) in [5.41, 5.74) is 4.74. The summed E-state index contributed by atoms with van der Waals surface area (Å²) in [7, 11) is 1.35. The first kappa shape index (κ1) is 20.2. The van der Waals surface area contributed by atoms with Crippen molar-refractivity contribution >= 4 is 29.7 Å². The van der Waals surface area contributed by atoms with Gasteiger partial charge in [-0.1, -0.05) is 18.2 Å². The molecular formula is C24H21N3O4. The van der Waals surface area contributed by atoms with Crippen molar-refractivity contribution in [3.63, 3.8) is 0 Å². The Bertz CT molecular complexity index is 1210. The molecule has 0 aliphatic carbocycles. The van der Waals surface area contributed by atoms with E-state index >= 15 is 0 Å². The van der Waals surface area contributed by atoms with E-state index < -0.39 is 17.9 Å². The third kappa shape index (κ3) is 3.61. The number of amides is 3. The molecule has 0 bridgehead atoms. The van der Waals surface area contributed by atoms with Crippen LogP contribution in [0.2, 0.25) is 0 Å². The van der Waals surface area contributed by atoms with Gasteiger partial charge < -0.3 is 14.6 Å². The van der Waals surface area contributed by atoms with Gasteiger partial charge in [-0.15, -0.1) is 0 Å². The third-order valence-corrected chi connectivity index (χ3v) is 5.21. The summed E-state index contributed by atoms with van der Waals surface area (Å²) in [6, 6.07) is 17.3. The molecule has 1 N–H and O–H groups in total. The molecular weight excluding hydrogens is 394 g/mol. The van der Waals surface area contributed by atoms with Crippen LogP contribution in [0.15, 0.2) is 66.4 Å². The highest BCUT2D eigenvalue weighted by Crippen LogP contribution is 2.26. The fraction of sp³-hybridized carbons (Fsp3) is 0.125. The zero-order chi connectivity index (χ0) is 22.1. The summed E-state index contributed by atoms with van der Waals surface area (Å²) >= 11 is 0. The Morgan fingerprint density at radius 3 is 2.29 bits per heavy atom. The van der Waals surface area contributed by atoms with Crippen LogP contribution in [0, 0.1) is 13.8 Å². The minimum Gasteiger partial charge on any atom is -0.465 e. The lowest BCUT2D eigenvalue weighted by molar-refractivity contribution is -0.113. The molecule has 1 aromatic heterocycles. The first-order chi connectivity index (χ1) is 14.9. The summed E-state index contributed by atoms with van der Waals surface area (Å²) in [6.45, 7) is 3.89. The van der Waals surface area contributed by atoms with Gasteiger partial charge in [-0.25, -0.2) is 14.5 Å². The molecule has 1 aliphatic rings. The van der Waals surface area contributed by atoms with Crippen LogP contribution < -0.4 is 10.2 Å². The number of hydrogen-bond acceptors (Lipinski definition) is 4. The number of urea groups is 1. The lowest BCUT2D eigenvalue weighted by atomic mass is 10.2. The van der Waals surface area contributed by atoms with E-state index in [1.165, 1.54) is 7.11 Å². The number of para-hydroxylation sites is 1. The number of carbonyl (C=O) groups is 3. The highest BCUT2D eigenvalue weighted by atomic mass is 16.5. The van der Waals surface area contributed by atoms with Crippen LogP contribution in [0.5, 0.6) is 0 Å². The number of anilines is 1. The average molecular weight is 415 g/mol. The molecule has 31 heavy (non-hydrogen) atoms. The van der Waals surface area contributed by atoms with E-state index in [9.17, 15) is 14.4 Å². The van der Waals surface area contributed by atoms with E-state index in [4.69, 9.17) is 4.74 Å². The monoisotopic (exact) mass is 415 g/mol. The van der Waals surface area contributed by atoms with Gasteiger partial charge in [-0.05, 0) is 68.0 Å². The zero-order valence-electron chi connectivity index (χ0n) is 17.4. The molecule has 1 aliphatic heterocycles. The first-order valence-corrected chi connectivity index (χ1v) is 9.70. The number of aryl methyl sites for hydroxylation is 1. The van der Waals surface area contributed by atoms with Gasteiger partial charge in [-0.3, -0.25) is 4.79 Å². The highest BCUT2D eigenvalue weighted by molar-refractivity contribution is 6.28. The lowest BCUT2D eigenvalue weighted by Crippen LogP contribution is -2.30. The van der Waals surface area contributed by atoms with Crippen LogP contribution in [-0.2, 0) is 9.53 Å². The summed E-state index contributed by atoms with van der Waals surface area (Å²) in [4.78, 5) is 38.0. The predicted octanol–water partition coefficient (Wildman–Crippen LogP) is 3.98. The van der Waals surface area contributed by atoms with E-state index in [1.807, 2.05) is 42.7 Å². The molecule has 0 radical (unpaired) electrons. The number of rotatable bonds is 4. The number of esters is 1. The van der Waals surface area contributed by atoms with Crippen LogP contribution in [0.25, 0.3) is 11.8 Å². The molecule has 0 saturated carbocycles. The average Bonchev–Trinajstić information content (AvgIpc) is 3.22. The van der Waals surface area contributed by atoms with Gasteiger partial charge in [0, 0.05) is 17.1 Å². The molecule has 156 valence electrons. The molecule has 7 nitrogen and oxygen atoms in total. The second kappa shape index (κ2) is 7.95. The van der Waals surface area contributed by atoms with E-state index in [-0.39, 0.29) is 5.70 Å². The molecule has 7 heteroatoms. The third-order valence-electron chi connectivity index (χ3n) is 5.21. The van der Waals surface area contributed by atoms with Crippen LogP contribution in [-0.4, -0.2) is 29.6 Å². The fourth-order valence-corrected chi connectivity index (χ4v) is 3.70. The number of carbonyl (C=O) groups excluding carboxylic acids is 3. The van der Waals surface area contributed by atoms with E-state index in [0.29, 0.717) is 11.3 Å². The van der Waals surface area contributed by atoms with Crippen molar-refractivity contribution in [3.8, 4) is 5.69 Å². The van der Waals surface area contributed by atoms with Gasteiger partial charge in [0.1, 0.15) is 5.70 Å². The molecule has 2 heterocycles. The van der Waals surface area contributed by atoms with Gasteiger partial charge in [0.05, 0.1) is 18.4 Å². The number of methoxy groups -OCH3 is 1. The van der Waals surface area contributed by atoms with Crippen LogP contribution in [0.1, 0.15) is 27.3 Å². The molecule has 1 fully saturated rings. The molecule has 0 unspecified atom stereocenters. The van der Waals surface area contributed by atoms with Gasteiger partial charge >= 0.3 is 12.0 Å². The normalized spacial score (nSPS) is 14.8. The highest BCUT2D eigenvalue weighted by Gasteiger charge is 2.34. The maximum absolute atomic E-state index is 12.8. The summed E-state index contributed by atoms with van der Waals surface area (Å²) < 4.78 is 6.76. The van der Waals surface area contributed by atoms with E-state index in [1.54, 1.807) is 42.5 Å². The number of aromatic nitrogens is 1. The predicted molar refractivity (Wildman–Crippen MR) is 117 cm³/mol. The number of hydrogen-bond donors (Lipinski definition) is 1. The second-order valence-corrected chi connectivity index (χ2v) is 7.16. The Kier molecular flexibility index (Phi) is 5.17. The van der Waals surface area contributed by atoms with Crippen molar-refractivity contribution in [1.29, 1.82) is 0 Å². The molecule has 3 amide bonds. The van der Waals surface area contributed by atoms with E-state index in [2.05, 4.69) is 5.32 Å². The lowest BCUT2D eigenvalue weighted by Gasteiger charge is -2.11. The van der Waals surface area contributed by atoms with Gasteiger partial charge in [0.25, 0.3) is 5.91 Å². The molecule has 4 rings (SSSR count). The standard InChI is InChI=1S/C24H21N3O4/c1-15-13-18(16(2)26(15)20-11-9-17(10-12-20)23(29)31-3)14-21-22(28)27(24(30)25-21)19-7-5-4-6-8-19/h4-14H,1-3H3,(H,25,30)/b21-14+. The Morgan fingerprint density at radius 1 is 0.968 bits per heavy atom. The van der Waals surface area contributed by atoms with Gasteiger partial charge in [-0.2, -0.15) is 0 Å². The van der Waals surface area contributed by atoms with Crippen molar-refractivity contribution in [2.75, 3.05) is 12.0 Å². The first-order valence-electron chi connectivity index (χ1n) is 9.70. The van der Waals surface area contributed by atoms with Crippen LogP contribution >= 0.6 is 0 Å². The maximum Gasteiger partial charge on any atom is 0.337 e. The summed E-state index contributed by atoms with van der Waals surface area (Å²) in [5.74, 6) is -0.792. The molecule has 1 saturated heterocycles. The zero-order valence-corrected chi connectivity index (χ0v) is 17.4. The summed E-state index contributed by atoms with van der Waals surface area (Å²) in [5, 5.41) is 2.66. The quantitative estimate of drug-likeness (QED) is 0.397. The number of ether oxygens (including phenoxy) is 1. The maximum atomic E-state index is 12.8. The van der Waals surface area contributed by atoms with Crippen LogP contribution in [0.3, 0.4) is 0 Å². The Labute approximate surface area is 179 Å². The largest absolute Gasteiger partial charge is 0.465 e. The number of benzene rings is 2. The van der Waals surface area contributed by atoms with Gasteiger partial charge in [0.15, 0.2) is 0 Å². The molecule has 2 aromatic carbocycles. The van der Waals surface area contributed by atoms with E-state index in [0.717, 1.165) is 27.5 Å². The van der Waals surface area contributed by atoms with Crippen molar-refractivity contribution < 1.29 is 19.1 Å². The Hall–Kier alpha value is -4.13. The van der Waals surface area contributed by atoms with Crippen molar-refractivity contribution in [1.82, 2.24) is 9.88 Å². The number of imide groups is 1. The fourth-order valence-electron chi connectivity index (χ4n) is 3.70. The molecule has 3 aromatic rings. The number of nitrogens with zero attached hydrogens (tertiary/aromatic N) is 2.